The van der Waals surface area contributed by atoms with Crippen molar-refractivity contribution in [3.05, 3.63) is 48.0 Å². The summed E-state index contributed by atoms with van der Waals surface area (Å²) in [5.41, 5.74) is 3.49. The Bertz CT molecular complexity index is 1260. The molecule has 3 saturated heterocycles. The number of fused-ring (bicyclic) bond motifs is 2. The maximum Gasteiger partial charge on any atom is 0.164 e. The van der Waals surface area contributed by atoms with Gasteiger partial charge in [0.25, 0.3) is 0 Å². The molecule has 0 bridgehead atoms. The fraction of sp³-hybridized carbons (Fsp3) is 0.440. The lowest BCUT2D eigenvalue weighted by Crippen LogP contribution is -2.26. The number of halogens is 1. The Labute approximate surface area is 200 Å². The Morgan fingerprint density at radius 2 is 2.03 bits per heavy atom. The summed E-state index contributed by atoms with van der Waals surface area (Å²) in [7, 11) is 0.118. The third kappa shape index (κ3) is 4.28. The van der Waals surface area contributed by atoms with E-state index in [0.29, 0.717) is 30.5 Å². The van der Waals surface area contributed by atoms with E-state index in [1.54, 1.807) is 12.4 Å². The molecule has 3 aliphatic heterocycles. The Morgan fingerprint density at radius 1 is 1.15 bits per heavy atom. The SMILES string of the molecule is Cc1cc(N=S2CCCC2)cc2ncnc(Nc3ccc(F)cc3OC3COC4OCCC34)c12. The van der Waals surface area contributed by atoms with Crippen molar-refractivity contribution in [3.8, 4) is 5.75 Å². The molecule has 34 heavy (non-hydrogen) atoms. The number of benzene rings is 2. The van der Waals surface area contributed by atoms with Gasteiger partial charge in [0.05, 0.1) is 36.0 Å². The van der Waals surface area contributed by atoms with E-state index in [-0.39, 0.29) is 34.8 Å². The summed E-state index contributed by atoms with van der Waals surface area (Å²) in [6, 6.07) is 8.62. The van der Waals surface area contributed by atoms with Gasteiger partial charge in [-0.05, 0) is 56.0 Å². The lowest BCUT2D eigenvalue weighted by atomic mass is 10.0. The second kappa shape index (κ2) is 9.20. The molecule has 3 unspecified atom stereocenters. The standard InChI is InChI=1S/C25H27FN4O3S/c1-15-10-17(30-34-8-2-3-9-34)12-20-23(15)24(28-14-27-20)29-19-5-4-16(26)11-21(19)33-22-13-32-25-18(22)6-7-31-25/h4-5,10-12,14,18,22,25H,2-3,6-9,13H2,1H3,(H,27,28,29). The molecule has 3 aromatic rings. The molecule has 0 radical (unpaired) electrons. The maximum absolute atomic E-state index is 14.2. The van der Waals surface area contributed by atoms with Gasteiger partial charge in [0.15, 0.2) is 6.29 Å². The summed E-state index contributed by atoms with van der Waals surface area (Å²) in [6.45, 7) is 3.13. The zero-order valence-electron chi connectivity index (χ0n) is 19.0. The smallest absolute Gasteiger partial charge is 0.164 e. The van der Waals surface area contributed by atoms with Crippen LogP contribution in [0.4, 0.5) is 21.6 Å². The van der Waals surface area contributed by atoms with Crippen LogP contribution in [0.25, 0.3) is 10.9 Å². The molecule has 2 aromatic carbocycles. The molecule has 7 nitrogen and oxygen atoms in total. The van der Waals surface area contributed by atoms with Gasteiger partial charge < -0.3 is 19.5 Å². The second-order valence-electron chi connectivity index (χ2n) is 8.99. The van der Waals surface area contributed by atoms with Crippen LogP contribution in [0.3, 0.4) is 0 Å². The molecule has 1 aromatic heterocycles. The fourth-order valence-corrected chi connectivity index (χ4v) is 6.80. The van der Waals surface area contributed by atoms with Gasteiger partial charge in [-0.1, -0.05) is 10.7 Å². The zero-order chi connectivity index (χ0) is 23.1. The number of ether oxygens (including phenoxy) is 3. The van der Waals surface area contributed by atoms with Gasteiger partial charge in [-0.2, -0.15) is 0 Å². The summed E-state index contributed by atoms with van der Waals surface area (Å²) < 4.78 is 36.6. The van der Waals surface area contributed by atoms with Crippen LogP contribution in [0.5, 0.6) is 5.75 Å². The highest BCUT2D eigenvalue weighted by molar-refractivity contribution is 7.87. The van der Waals surface area contributed by atoms with Gasteiger partial charge in [0.1, 0.15) is 29.8 Å². The molecule has 0 amide bonds. The van der Waals surface area contributed by atoms with Crippen molar-refractivity contribution in [1.29, 1.82) is 0 Å². The first-order chi connectivity index (χ1) is 16.6. The number of hydrogen-bond acceptors (Lipinski definition) is 7. The second-order valence-corrected chi connectivity index (χ2v) is 10.9. The molecule has 3 fully saturated rings. The van der Waals surface area contributed by atoms with Crippen molar-refractivity contribution in [3.63, 3.8) is 0 Å². The first kappa shape index (κ1) is 21.9. The molecular formula is C25H27FN4O3S. The summed E-state index contributed by atoms with van der Waals surface area (Å²) >= 11 is 0. The molecule has 178 valence electrons. The van der Waals surface area contributed by atoms with Crippen LogP contribution < -0.4 is 10.1 Å². The third-order valence-corrected chi connectivity index (χ3v) is 8.61. The van der Waals surface area contributed by atoms with Gasteiger partial charge in [-0.15, -0.1) is 0 Å². The van der Waals surface area contributed by atoms with Crippen LogP contribution in [0.1, 0.15) is 24.8 Å². The fourth-order valence-electron chi connectivity index (χ4n) is 4.94. The molecule has 0 spiro atoms. The van der Waals surface area contributed by atoms with Crippen LogP contribution in [0.2, 0.25) is 0 Å². The topological polar surface area (TPSA) is 77.9 Å². The molecule has 0 aliphatic carbocycles. The van der Waals surface area contributed by atoms with Crippen molar-refractivity contribution in [2.45, 2.75) is 38.6 Å². The average molecular weight is 483 g/mol. The Kier molecular flexibility index (Phi) is 5.92. The summed E-state index contributed by atoms with van der Waals surface area (Å²) in [5, 5.41) is 4.28. The van der Waals surface area contributed by atoms with E-state index in [9.17, 15) is 4.39 Å². The van der Waals surface area contributed by atoms with Gasteiger partial charge in [0, 0.05) is 23.0 Å². The van der Waals surface area contributed by atoms with Gasteiger partial charge >= 0.3 is 0 Å². The van der Waals surface area contributed by atoms with E-state index in [1.165, 1.54) is 36.5 Å². The summed E-state index contributed by atoms with van der Waals surface area (Å²) in [4.78, 5) is 9.01. The Balaban J connectivity index is 1.31. The minimum absolute atomic E-state index is 0.118. The summed E-state index contributed by atoms with van der Waals surface area (Å²) in [5.74, 6) is 3.24. The first-order valence-corrected chi connectivity index (χ1v) is 13.3. The van der Waals surface area contributed by atoms with Crippen molar-refractivity contribution in [2.24, 2.45) is 10.3 Å². The van der Waals surface area contributed by atoms with Gasteiger partial charge in [0.2, 0.25) is 0 Å². The zero-order valence-corrected chi connectivity index (χ0v) is 19.8. The number of aromatic nitrogens is 2. The average Bonchev–Trinajstić information content (AvgIpc) is 3.56. The number of nitrogens with one attached hydrogen (secondary N) is 1. The van der Waals surface area contributed by atoms with Crippen molar-refractivity contribution >= 4 is 38.8 Å². The normalized spacial score (nSPS) is 24.5. The van der Waals surface area contributed by atoms with E-state index in [4.69, 9.17) is 18.6 Å². The van der Waals surface area contributed by atoms with Crippen LogP contribution >= 0.6 is 0 Å². The first-order valence-electron chi connectivity index (χ1n) is 11.8. The largest absolute Gasteiger partial charge is 0.485 e. The highest BCUT2D eigenvalue weighted by Gasteiger charge is 2.43. The highest BCUT2D eigenvalue weighted by atomic mass is 32.2. The van der Waals surface area contributed by atoms with E-state index in [0.717, 1.165) is 28.6 Å². The van der Waals surface area contributed by atoms with E-state index in [2.05, 4.69) is 21.4 Å². The van der Waals surface area contributed by atoms with E-state index < -0.39 is 0 Å². The molecule has 3 atom stereocenters. The maximum atomic E-state index is 14.2. The molecule has 1 N–H and O–H groups in total. The van der Waals surface area contributed by atoms with Crippen LogP contribution in [-0.4, -0.2) is 47.1 Å². The van der Waals surface area contributed by atoms with Crippen molar-refractivity contribution < 1.29 is 18.6 Å². The molecule has 9 heteroatoms. The minimum Gasteiger partial charge on any atom is -0.485 e. The van der Waals surface area contributed by atoms with Crippen molar-refractivity contribution in [1.82, 2.24) is 9.97 Å². The van der Waals surface area contributed by atoms with Crippen LogP contribution in [0, 0.1) is 18.7 Å². The molecule has 0 saturated carbocycles. The number of nitrogens with zero attached hydrogens (tertiary/aromatic N) is 3. The van der Waals surface area contributed by atoms with Crippen LogP contribution in [0.15, 0.2) is 41.0 Å². The lowest BCUT2D eigenvalue weighted by molar-refractivity contribution is -0.0906. The van der Waals surface area contributed by atoms with Crippen LogP contribution in [-0.2, 0) is 20.2 Å². The van der Waals surface area contributed by atoms with Gasteiger partial charge in [-0.25, -0.2) is 18.7 Å². The molecule has 3 aliphatic rings. The number of anilines is 2. The predicted molar refractivity (Wildman–Crippen MR) is 131 cm³/mol. The monoisotopic (exact) mass is 482 g/mol. The molecule has 4 heterocycles. The quantitative estimate of drug-likeness (QED) is 0.539. The minimum atomic E-state index is -0.360. The highest BCUT2D eigenvalue weighted by Crippen LogP contribution is 2.38. The third-order valence-electron chi connectivity index (χ3n) is 6.62. The number of hydrogen-bond donors (Lipinski definition) is 1. The Morgan fingerprint density at radius 3 is 2.91 bits per heavy atom. The van der Waals surface area contributed by atoms with Crippen molar-refractivity contribution in [2.75, 3.05) is 30.0 Å². The molecular weight excluding hydrogens is 455 g/mol. The van der Waals surface area contributed by atoms with E-state index >= 15 is 0 Å². The number of rotatable bonds is 5. The predicted octanol–water partition coefficient (Wildman–Crippen LogP) is 5.19. The molecule has 6 rings (SSSR count). The summed E-state index contributed by atoms with van der Waals surface area (Å²) in [6.07, 6.45) is 4.53. The van der Waals surface area contributed by atoms with E-state index in [1.807, 2.05) is 13.0 Å². The number of aryl methyl sites for hydroxylation is 1. The van der Waals surface area contributed by atoms with Gasteiger partial charge in [-0.3, -0.25) is 0 Å². The lowest BCUT2D eigenvalue weighted by Gasteiger charge is -2.20. The Hall–Kier alpha value is -2.62.